The first kappa shape index (κ1) is 15.1. The highest BCUT2D eigenvalue weighted by atomic mass is 79.9. The summed E-state index contributed by atoms with van der Waals surface area (Å²) >= 11 is 6.22. The van der Waals surface area contributed by atoms with Crippen LogP contribution >= 0.6 is 31.9 Å². The summed E-state index contributed by atoms with van der Waals surface area (Å²) in [6, 6.07) is 0. The van der Waals surface area contributed by atoms with Gasteiger partial charge in [0.05, 0.1) is 8.95 Å². The Morgan fingerprint density at radius 1 is 1.06 bits per heavy atom. The lowest BCUT2D eigenvalue weighted by Gasteiger charge is -2.28. The molecular formula is C12H15Br2F2N. The van der Waals surface area contributed by atoms with Crippen molar-refractivity contribution in [3.05, 3.63) is 31.7 Å². The highest BCUT2D eigenvalue weighted by Crippen LogP contribution is 2.41. The van der Waals surface area contributed by atoms with Crippen molar-refractivity contribution in [1.82, 2.24) is 0 Å². The SMILES string of the molecule is CC(C)c1c(Br)c(F)c(F)c(Br)c1C(C)(C)N. The largest absolute Gasteiger partial charge is 0.322 e. The lowest BCUT2D eigenvalue weighted by molar-refractivity contribution is 0.476. The minimum Gasteiger partial charge on any atom is -0.322 e. The highest BCUT2D eigenvalue weighted by Gasteiger charge is 2.30. The van der Waals surface area contributed by atoms with Crippen molar-refractivity contribution in [1.29, 1.82) is 0 Å². The molecule has 0 aliphatic heterocycles. The van der Waals surface area contributed by atoms with Gasteiger partial charge in [0.2, 0.25) is 0 Å². The van der Waals surface area contributed by atoms with Crippen LogP contribution in [0.5, 0.6) is 0 Å². The Morgan fingerprint density at radius 2 is 1.47 bits per heavy atom. The highest BCUT2D eigenvalue weighted by molar-refractivity contribution is 9.11. The van der Waals surface area contributed by atoms with E-state index in [1.54, 1.807) is 13.8 Å². The van der Waals surface area contributed by atoms with Crippen molar-refractivity contribution in [2.24, 2.45) is 5.73 Å². The minimum absolute atomic E-state index is 0.0357. The molecule has 2 N–H and O–H groups in total. The third-order valence-electron chi connectivity index (χ3n) is 2.53. The second kappa shape index (κ2) is 4.94. The van der Waals surface area contributed by atoms with Gasteiger partial charge >= 0.3 is 0 Å². The van der Waals surface area contributed by atoms with Crippen LogP contribution in [0.4, 0.5) is 8.78 Å². The number of rotatable bonds is 2. The molecule has 0 aliphatic carbocycles. The van der Waals surface area contributed by atoms with Crippen LogP contribution in [0.15, 0.2) is 8.95 Å². The minimum atomic E-state index is -0.908. The Hall–Kier alpha value is -0.0000000000000000763. The Bertz CT molecular complexity index is 451. The third-order valence-corrected chi connectivity index (χ3v) is 4.04. The summed E-state index contributed by atoms with van der Waals surface area (Å²) in [7, 11) is 0. The fraction of sp³-hybridized carbons (Fsp3) is 0.500. The van der Waals surface area contributed by atoms with Crippen LogP contribution in [0.1, 0.15) is 44.7 Å². The van der Waals surface area contributed by atoms with E-state index in [1.165, 1.54) is 0 Å². The molecule has 0 radical (unpaired) electrons. The Kier molecular flexibility index (Phi) is 4.37. The smallest absolute Gasteiger partial charge is 0.174 e. The molecule has 96 valence electrons. The number of hydrogen-bond donors (Lipinski definition) is 1. The van der Waals surface area contributed by atoms with E-state index >= 15 is 0 Å². The van der Waals surface area contributed by atoms with Crippen LogP contribution < -0.4 is 5.73 Å². The molecule has 1 aromatic rings. The van der Waals surface area contributed by atoms with E-state index in [0.717, 1.165) is 0 Å². The van der Waals surface area contributed by atoms with Gasteiger partial charge in [-0.05, 0) is 62.8 Å². The number of benzene rings is 1. The van der Waals surface area contributed by atoms with Crippen molar-refractivity contribution in [3.8, 4) is 0 Å². The van der Waals surface area contributed by atoms with Gasteiger partial charge in [-0.2, -0.15) is 0 Å². The van der Waals surface area contributed by atoms with Gasteiger partial charge in [-0.1, -0.05) is 13.8 Å². The molecule has 0 amide bonds. The number of halogens is 4. The first-order valence-electron chi connectivity index (χ1n) is 5.24. The van der Waals surface area contributed by atoms with E-state index in [0.29, 0.717) is 11.1 Å². The zero-order valence-electron chi connectivity index (χ0n) is 10.2. The molecule has 0 unspecified atom stereocenters. The van der Waals surface area contributed by atoms with Crippen molar-refractivity contribution in [2.45, 2.75) is 39.2 Å². The molecule has 0 fully saturated rings. The molecule has 17 heavy (non-hydrogen) atoms. The summed E-state index contributed by atoms with van der Waals surface area (Å²) in [6.45, 7) is 7.36. The summed E-state index contributed by atoms with van der Waals surface area (Å²) in [4.78, 5) is 0. The van der Waals surface area contributed by atoms with Crippen LogP contribution in [0.3, 0.4) is 0 Å². The van der Waals surface area contributed by atoms with Gasteiger partial charge in [-0.15, -0.1) is 0 Å². The van der Waals surface area contributed by atoms with Gasteiger partial charge < -0.3 is 5.73 Å². The maximum absolute atomic E-state index is 13.7. The maximum atomic E-state index is 13.7. The molecule has 0 aliphatic rings. The van der Waals surface area contributed by atoms with Crippen LogP contribution in [0.25, 0.3) is 0 Å². The molecule has 0 saturated heterocycles. The van der Waals surface area contributed by atoms with Crippen molar-refractivity contribution >= 4 is 31.9 Å². The summed E-state index contributed by atoms with van der Waals surface area (Å²) in [5.41, 5.74) is 6.58. The Labute approximate surface area is 117 Å². The Balaban J connectivity index is 3.79. The van der Waals surface area contributed by atoms with Gasteiger partial charge in [0.15, 0.2) is 11.6 Å². The summed E-state index contributed by atoms with van der Waals surface area (Å²) < 4.78 is 27.7. The number of nitrogens with two attached hydrogens (primary N) is 1. The van der Waals surface area contributed by atoms with Crippen LogP contribution in [0, 0.1) is 11.6 Å². The molecule has 0 saturated carbocycles. The molecule has 0 bridgehead atoms. The van der Waals surface area contributed by atoms with Gasteiger partial charge in [-0.25, -0.2) is 8.78 Å². The van der Waals surface area contributed by atoms with Crippen molar-refractivity contribution in [3.63, 3.8) is 0 Å². The monoisotopic (exact) mass is 369 g/mol. The molecule has 1 rings (SSSR count). The first-order valence-corrected chi connectivity index (χ1v) is 6.82. The van der Waals surface area contributed by atoms with Crippen molar-refractivity contribution < 1.29 is 8.78 Å². The molecule has 0 heterocycles. The third kappa shape index (κ3) is 2.71. The maximum Gasteiger partial charge on any atom is 0.174 e. The lowest BCUT2D eigenvalue weighted by Crippen LogP contribution is -2.31. The topological polar surface area (TPSA) is 26.0 Å². The second-order valence-electron chi connectivity index (χ2n) is 4.92. The van der Waals surface area contributed by atoms with Gasteiger partial charge in [0.1, 0.15) is 0 Å². The molecular weight excluding hydrogens is 356 g/mol. The van der Waals surface area contributed by atoms with E-state index < -0.39 is 17.2 Å². The fourth-order valence-corrected chi connectivity index (χ4v) is 3.55. The predicted molar refractivity (Wildman–Crippen MR) is 73.1 cm³/mol. The van der Waals surface area contributed by atoms with E-state index in [1.807, 2.05) is 13.8 Å². The second-order valence-corrected chi connectivity index (χ2v) is 6.51. The van der Waals surface area contributed by atoms with Crippen molar-refractivity contribution in [2.75, 3.05) is 0 Å². The van der Waals surface area contributed by atoms with Crippen LogP contribution in [-0.4, -0.2) is 0 Å². The summed E-state index contributed by atoms with van der Waals surface area (Å²) in [5.74, 6) is -1.75. The van der Waals surface area contributed by atoms with Gasteiger partial charge in [-0.3, -0.25) is 0 Å². The zero-order chi connectivity index (χ0) is 13.5. The molecule has 5 heteroatoms. The van der Waals surface area contributed by atoms with E-state index in [4.69, 9.17) is 5.73 Å². The molecule has 0 spiro atoms. The lowest BCUT2D eigenvalue weighted by atomic mass is 9.86. The molecule has 1 nitrogen and oxygen atoms in total. The number of hydrogen-bond acceptors (Lipinski definition) is 1. The average Bonchev–Trinajstić information content (AvgIpc) is 2.17. The van der Waals surface area contributed by atoms with E-state index in [9.17, 15) is 8.78 Å². The van der Waals surface area contributed by atoms with E-state index in [2.05, 4.69) is 31.9 Å². The fourth-order valence-electron chi connectivity index (χ4n) is 1.82. The normalized spacial score (nSPS) is 12.4. The Morgan fingerprint density at radius 3 is 1.82 bits per heavy atom. The molecule has 0 aromatic heterocycles. The average molecular weight is 371 g/mol. The molecule has 0 atom stereocenters. The standard InChI is InChI=1S/C12H15Br2F2N/c1-5(2)6-7(12(3,4)17)9(14)11(16)10(15)8(6)13/h5H,17H2,1-4H3. The zero-order valence-corrected chi connectivity index (χ0v) is 13.3. The first-order chi connectivity index (χ1) is 7.59. The quantitative estimate of drug-likeness (QED) is 0.586. The van der Waals surface area contributed by atoms with E-state index in [-0.39, 0.29) is 14.9 Å². The van der Waals surface area contributed by atoms with Gasteiger partial charge in [0, 0.05) is 5.54 Å². The van der Waals surface area contributed by atoms with Crippen LogP contribution in [-0.2, 0) is 5.54 Å². The molecule has 1 aromatic carbocycles. The summed E-state index contributed by atoms with van der Waals surface area (Å²) in [6.07, 6.45) is 0. The summed E-state index contributed by atoms with van der Waals surface area (Å²) in [5, 5.41) is 0. The van der Waals surface area contributed by atoms with Gasteiger partial charge in [0.25, 0.3) is 0 Å². The van der Waals surface area contributed by atoms with Crippen LogP contribution in [0.2, 0.25) is 0 Å². The predicted octanol–water partition coefficient (Wildman–Crippen LogP) is 4.81.